The topological polar surface area (TPSA) is 37.1 Å². The summed E-state index contributed by atoms with van der Waals surface area (Å²) in [7, 11) is 0. The van der Waals surface area contributed by atoms with E-state index in [1.54, 1.807) is 0 Å². The van der Waals surface area contributed by atoms with Crippen molar-refractivity contribution in [1.29, 1.82) is 0 Å². The smallest absolute Gasteiger partial charge is 0.233 e. The predicted molar refractivity (Wildman–Crippen MR) is 270 cm³/mol. The summed E-state index contributed by atoms with van der Waals surface area (Å²) in [4.78, 5) is 8.80. The monoisotopic (exact) mass is 829 g/mol. The van der Waals surface area contributed by atoms with Crippen LogP contribution in [-0.2, 0) is 0 Å². The molecule has 0 saturated carbocycles. The lowest BCUT2D eigenvalue weighted by Crippen LogP contribution is -2.15. The highest BCUT2D eigenvalue weighted by atomic mass is 16.3. The molecule has 0 aliphatic heterocycles. The van der Waals surface area contributed by atoms with E-state index in [1.165, 1.54) is 67.3 Å². The van der Waals surface area contributed by atoms with Gasteiger partial charge in [0.05, 0.1) is 29.3 Å². The number of fused-ring (bicyclic) bond motifs is 9. The van der Waals surface area contributed by atoms with Gasteiger partial charge in [-0.1, -0.05) is 84.9 Å². The van der Waals surface area contributed by atoms with Gasteiger partial charge in [0.15, 0.2) is 0 Å². The van der Waals surface area contributed by atoms with Crippen molar-refractivity contribution in [3.63, 3.8) is 0 Å². The van der Waals surface area contributed by atoms with E-state index >= 15 is 0 Å². The molecule has 5 heteroatoms. The highest BCUT2D eigenvalue weighted by molar-refractivity contribution is 6.30. The van der Waals surface area contributed by atoms with Crippen LogP contribution in [0.15, 0.2) is 148 Å². The maximum absolute atomic E-state index is 8.26. The fourth-order valence-electron chi connectivity index (χ4n) is 10.4. The summed E-state index contributed by atoms with van der Waals surface area (Å²) in [5.41, 5.74) is 19.8. The number of nitrogens with zero attached hydrogens (tertiary/aromatic N) is 3. The maximum Gasteiger partial charge on any atom is 0.233 e. The molecule has 11 aromatic rings. The molecule has 0 N–H and O–H groups in total. The van der Waals surface area contributed by atoms with Crippen LogP contribution in [0, 0.1) is 62.0 Å². The lowest BCUT2D eigenvalue weighted by molar-refractivity contribution is 0.665. The molecule has 2 aromatic heterocycles. The van der Waals surface area contributed by atoms with Crippen LogP contribution < -0.4 is 9.80 Å². The Morgan fingerprint density at radius 3 is 1.14 bits per heavy atom. The number of benzene rings is 9. The van der Waals surface area contributed by atoms with Gasteiger partial charge in [-0.2, -0.15) is 0 Å². The van der Waals surface area contributed by atoms with Gasteiger partial charge in [-0.3, -0.25) is 0 Å². The molecule has 0 aliphatic carbocycles. The summed E-state index contributed by atoms with van der Waals surface area (Å²) in [5.74, 6) is 0. The van der Waals surface area contributed by atoms with E-state index in [-0.39, 0.29) is 0 Å². The van der Waals surface area contributed by atoms with Gasteiger partial charge in [0.2, 0.25) is 5.69 Å². The number of hydrogen-bond acceptors (Lipinski definition) is 4. The van der Waals surface area contributed by atoms with E-state index in [9.17, 15) is 0 Å². The Kier molecular flexibility index (Phi) is 8.94. The van der Waals surface area contributed by atoms with Gasteiger partial charge < -0.3 is 18.6 Å². The first-order chi connectivity index (χ1) is 31.0. The van der Waals surface area contributed by atoms with Crippen LogP contribution in [0.2, 0.25) is 0 Å². The molecule has 64 heavy (non-hydrogen) atoms. The zero-order chi connectivity index (χ0) is 44.1. The second-order valence-corrected chi connectivity index (χ2v) is 17.7. The van der Waals surface area contributed by atoms with Crippen molar-refractivity contribution in [3.8, 4) is 0 Å². The molecule has 0 bridgehead atoms. The molecule has 11 rings (SSSR count). The van der Waals surface area contributed by atoms with Crippen LogP contribution in [-0.4, -0.2) is 0 Å². The minimum absolute atomic E-state index is 0.434. The van der Waals surface area contributed by atoms with Crippen LogP contribution in [0.25, 0.3) is 70.3 Å². The lowest BCUT2D eigenvalue weighted by atomic mass is 9.98. The first-order valence-corrected chi connectivity index (χ1v) is 21.9. The summed E-state index contributed by atoms with van der Waals surface area (Å²) in [6.45, 7) is 25.8. The molecule has 2 heterocycles. The molecule has 0 saturated heterocycles. The summed E-state index contributed by atoms with van der Waals surface area (Å²) >= 11 is 0. The molecule has 0 spiro atoms. The van der Waals surface area contributed by atoms with Crippen LogP contribution in [0.3, 0.4) is 0 Å². The minimum Gasteiger partial charge on any atom is -0.467 e. The van der Waals surface area contributed by atoms with Gasteiger partial charge >= 0.3 is 0 Å². The van der Waals surface area contributed by atoms with Crippen molar-refractivity contribution < 1.29 is 8.83 Å². The van der Waals surface area contributed by atoms with E-state index in [4.69, 9.17) is 15.4 Å². The summed E-state index contributed by atoms with van der Waals surface area (Å²) in [5, 5.41) is 8.14. The van der Waals surface area contributed by atoms with Gasteiger partial charge in [-0.15, -0.1) is 0 Å². The van der Waals surface area contributed by atoms with E-state index in [0.29, 0.717) is 16.9 Å². The number of anilines is 6. The Bertz CT molecular complexity index is 3620. The number of aryl methyl sites for hydroxylation is 8. The Balaban J connectivity index is 1.10. The number of hydrogen-bond donors (Lipinski definition) is 0. The second kappa shape index (κ2) is 14.6. The Hall–Kier alpha value is -7.81. The fourth-order valence-corrected chi connectivity index (χ4v) is 10.4. The van der Waals surface area contributed by atoms with Gasteiger partial charge in [-0.25, -0.2) is 4.85 Å². The molecule has 0 amide bonds. The molecule has 9 aromatic carbocycles. The third-order valence-corrected chi connectivity index (χ3v) is 13.3. The largest absolute Gasteiger partial charge is 0.467 e. The number of rotatable bonds is 6. The van der Waals surface area contributed by atoms with Crippen molar-refractivity contribution >= 4 is 105 Å². The fraction of sp³-hybridized carbons (Fsp3) is 0.136. The van der Waals surface area contributed by atoms with Gasteiger partial charge in [0.1, 0.15) is 22.3 Å². The van der Waals surface area contributed by atoms with E-state index in [2.05, 4.69) is 203 Å². The van der Waals surface area contributed by atoms with E-state index in [0.717, 1.165) is 65.6 Å². The zero-order valence-corrected chi connectivity index (χ0v) is 37.4. The molecule has 310 valence electrons. The van der Waals surface area contributed by atoms with Crippen LogP contribution in [0.5, 0.6) is 0 Å². The lowest BCUT2D eigenvalue weighted by Gasteiger charge is -2.31. The quantitative estimate of drug-likeness (QED) is 0.156. The Morgan fingerprint density at radius 1 is 0.375 bits per heavy atom. The standard InChI is InChI=1S/C59H47N3O2/c1-33-14-10-15-34(2)55(33)61(56-35(3)16-11-17-36(56)4)45-24-22-41-28-47-50(30-43(41)26-45)63-52-32-49(60-9)59-54(53(47)52)48-29-42-23-25-46(27-44(42)31-51(48)64-59)62(57-37(5)18-12-19-38(57)6)58-39(7)20-13-21-40(58)8/h10-32H,1-8H3. The molecule has 0 atom stereocenters. The Labute approximate surface area is 373 Å². The summed E-state index contributed by atoms with van der Waals surface area (Å²) in [6, 6.07) is 50.0. The highest BCUT2D eigenvalue weighted by Crippen LogP contribution is 2.49. The molecule has 0 aliphatic rings. The van der Waals surface area contributed by atoms with Gasteiger partial charge in [0.25, 0.3) is 0 Å². The molecule has 0 radical (unpaired) electrons. The van der Waals surface area contributed by atoms with Crippen LogP contribution in [0.4, 0.5) is 39.8 Å². The van der Waals surface area contributed by atoms with Crippen molar-refractivity contribution in [3.05, 3.63) is 195 Å². The van der Waals surface area contributed by atoms with Crippen molar-refractivity contribution in [2.45, 2.75) is 55.4 Å². The van der Waals surface area contributed by atoms with Gasteiger partial charge in [0, 0.05) is 32.9 Å². The maximum atomic E-state index is 8.26. The first kappa shape index (κ1) is 39.1. The zero-order valence-electron chi connectivity index (χ0n) is 37.4. The minimum atomic E-state index is 0.434. The molecule has 5 nitrogen and oxygen atoms in total. The molecule has 0 fully saturated rings. The Morgan fingerprint density at radius 2 is 0.750 bits per heavy atom. The van der Waals surface area contributed by atoms with E-state index in [1.807, 2.05) is 6.07 Å². The second-order valence-electron chi connectivity index (χ2n) is 17.7. The first-order valence-electron chi connectivity index (χ1n) is 21.9. The van der Waals surface area contributed by atoms with E-state index < -0.39 is 0 Å². The third kappa shape index (κ3) is 5.97. The van der Waals surface area contributed by atoms with Crippen LogP contribution in [0.1, 0.15) is 44.5 Å². The summed E-state index contributed by atoms with van der Waals surface area (Å²) < 4.78 is 13.5. The van der Waals surface area contributed by atoms with Crippen LogP contribution >= 0.6 is 0 Å². The van der Waals surface area contributed by atoms with Gasteiger partial charge in [-0.05, 0) is 176 Å². The molecular formula is C59H47N3O2. The molecule has 0 unspecified atom stereocenters. The number of furan rings is 2. The SMILES string of the molecule is [C-]#[N+]c1cc2oc3cc4cc(N(c5c(C)cccc5C)c5c(C)cccc5C)ccc4cc3c2c2c1oc1cc3cc(N(c4c(C)cccc4C)c4c(C)cccc4C)ccc3cc12. The van der Waals surface area contributed by atoms with Crippen molar-refractivity contribution in [1.82, 2.24) is 0 Å². The van der Waals surface area contributed by atoms with Crippen molar-refractivity contribution in [2.75, 3.05) is 9.80 Å². The summed E-state index contributed by atoms with van der Waals surface area (Å²) in [6.07, 6.45) is 0. The average molecular weight is 830 g/mol. The molecular weight excluding hydrogens is 783 g/mol. The third-order valence-electron chi connectivity index (χ3n) is 13.3. The number of para-hydroxylation sites is 4. The van der Waals surface area contributed by atoms with Crippen molar-refractivity contribution in [2.24, 2.45) is 0 Å². The normalized spacial score (nSPS) is 11.7. The predicted octanol–water partition coefficient (Wildman–Crippen LogP) is 17.7. The average Bonchev–Trinajstić information content (AvgIpc) is 3.82. The highest BCUT2D eigenvalue weighted by Gasteiger charge is 2.25.